The highest BCUT2D eigenvalue weighted by atomic mass is 16.4. The van der Waals surface area contributed by atoms with Gasteiger partial charge in [-0.3, -0.25) is 4.79 Å². The Balaban J connectivity index is 2.15. The molecule has 0 saturated heterocycles. The van der Waals surface area contributed by atoms with E-state index in [9.17, 15) is 9.90 Å². The second kappa shape index (κ2) is 5.22. The molecule has 3 nitrogen and oxygen atoms in total. The molecule has 2 unspecified atom stereocenters. The van der Waals surface area contributed by atoms with Crippen molar-refractivity contribution in [1.82, 2.24) is 0 Å². The zero-order valence-electron chi connectivity index (χ0n) is 7.91. The number of carboxylic acids is 1. The van der Waals surface area contributed by atoms with Gasteiger partial charge in [-0.1, -0.05) is 12.8 Å². The number of aliphatic carboxylic acids is 1. The molecule has 1 saturated carbocycles. The van der Waals surface area contributed by atoms with Gasteiger partial charge in [-0.15, -0.1) is 0 Å². The number of aliphatic hydroxyl groups excluding tert-OH is 1. The number of carbonyl (C=O) groups is 1. The number of carboxylic acid groups (broad SMARTS) is 1. The predicted molar refractivity (Wildman–Crippen MR) is 49.5 cm³/mol. The van der Waals surface area contributed by atoms with E-state index in [4.69, 9.17) is 5.11 Å². The zero-order chi connectivity index (χ0) is 9.68. The van der Waals surface area contributed by atoms with Gasteiger partial charge >= 0.3 is 5.97 Å². The van der Waals surface area contributed by atoms with E-state index >= 15 is 0 Å². The Morgan fingerprint density at radius 2 is 2.00 bits per heavy atom. The van der Waals surface area contributed by atoms with Gasteiger partial charge in [0, 0.05) is 6.42 Å². The number of rotatable bonds is 4. The van der Waals surface area contributed by atoms with Gasteiger partial charge in [0.15, 0.2) is 0 Å². The van der Waals surface area contributed by atoms with Crippen LogP contribution in [0, 0.1) is 5.92 Å². The lowest BCUT2D eigenvalue weighted by Crippen LogP contribution is -2.24. The van der Waals surface area contributed by atoms with Gasteiger partial charge in [-0.2, -0.15) is 0 Å². The molecule has 0 amide bonds. The lowest BCUT2D eigenvalue weighted by molar-refractivity contribution is -0.137. The normalized spacial score (nSPS) is 28.7. The van der Waals surface area contributed by atoms with Crippen molar-refractivity contribution < 1.29 is 15.0 Å². The lowest BCUT2D eigenvalue weighted by atomic mass is 9.83. The highest BCUT2D eigenvalue weighted by Gasteiger charge is 2.22. The molecule has 0 radical (unpaired) electrons. The number of aliphatic hydroxyl groups is 1. The monoisotopic (exact) mass is 186 g/mol. The van der Waals surface area contributed by atoms with E-state index in [-0.39, 0.29) is 12.5 Å². The molecule has 1 aliphatic rings. The van der Waals surface area contributed by atoms with Crippen LogP contribution in [0.1, 0.15) is 44.9 Å². The summed E-state index contributed by atoms with van der Waals surface area (Å²) in [4.78, 5) is 10.3. The standard InChI is InChI=1S/C10H18O3/c11-9-6-2-1-4-8(9)5-3-7-10(12)13/h8-9,11H,1-7H2,(H,12,13). The molecule has 2 N–H and O–H groups in total. The SMILES string of the molecule is O=C(O)CCCC1CCCCC1O. The molecule has 1 rings (SSSR count). The van der Waals surface area contributed by atoms with E-state index in [0.717, 1.165) is 25.7 Å². The fourth-order valence-corrected chi connectivity index (χ4v) is 2.04. The van der Waals surface area contributed by atoms with Gasteiger partial charge in [-0.05, 0) is 31.6 Å². The Morgan fingerprint density at radius 1 is 1.31 bits per heavy atom. The molecule has 3 heteroatoms. The van der Waals surface area contributed by atoms with Crippen LogP contribution in [-0.2, 0) is 4.79 Å². The van der Waals surface area contributed by atoms with E-state index in [1.165, 1.54) is 6.42 Å². The first-order chi connectivity index (χ1) is 6.20. The molecule has 1 aliphatic carbocycles. The molecule has 0 aromatic rings. The Bertz CT molecular complexity index is 168. The number of hydrogen-bond acceptors (Lipinski definition) is 2. The van der Waals surface area contributed by atoms with Gasteiger partial charge in [0.2, 0.25) is 0 Å². The summed E-state index contributed by atoms with van der Waals surface area (Å²) in [6, 6.07) is 0. The largest absolute Gasteiger partial charge is 0.481 e. The molecule has 0 aliphatic heterocycles. The molecule has 0 aromatic carbocycles. The van der Waals surface area contributed by atoms with Crippen LogP contribution in [-0.4, -0.2) is 22.3 Å². The van der Waals surface area contributed by atoms with E-state index in [2.05, 4.69) is 0 Å². The van der Waals surface area contributed by atoms with Crippen molar-refractivity contribution in [2.75, 3.05) is 0 Å². The summed E-state index contributed by atoms with van der Waals surface area (Å²) in [7, 11) is 0. The third-order valence-corrected chi connectivity index (χ3v) is 2.83. The van der Waals surface area contributed by atoms with Crippen molar-refractivity contribution in [3.05, 3.63) is 0 Å². The molecular weight excluding hydrogens is 168 g/mol. The smallest absolute Gasteiger partial charge is 0.303 e. The van der Waals surface area contributed by atoms with Crippen LogP contribution in [0.15, 0.2) is 0 Å². The van der Waals surface area contributed by atoms with Gasteiger partial charge in [0.05, 0.1) is 6.10 Å². The van der Waals surface area contributed by atoms with E-state index in [1.54, 1.807) is 0 Å². The van der Waals surface area contributed by atoms with Crippen LogP contribution in [0.25, 0.3) is 0 Å². The summed E-state index contributed by atoms with van der Waals surface area (Å²) in [5.41, 5.74) is 0. The third kappa shape index (κ3) is 3.77. The molecule has 0 spiro atoms. The highest BCUT2D eigenvalue weighted by molar-refractivity contribution is 5.66. The fraction of sp³-hybridized carbons (Fsp3) is 0.900. The quantitative estimate of drug-likeness (QED) is 0.703. The van der Waals surface area contributed by atoms with Crippen molar-refractivity contribution in [3.8, 4) is 0 Å². The predicted octanol–water partition coefficient (Wildman–Crippen LogP) is 1.79. The first-order valence-corrected chi connectivity index (χ1v) is 5.10. The highest BCUT2D eigenvalue weighted by Crippen LogP contribution is 2.28. The second-order valence-electron chi connectivity index (χ2n) is 3.90. The van der Waals surface area contributed by atoms with Gasteiger partial charge in [0.25, 0.3) is 0 Å². The summed E-state index contributed by atoms with van der Waals surface area (Å²) in [5.74, 6) is -0.376. The van der Waals surface area contributed by atoms with E-state index in [0.29, 0.717) is 12.3 Å². The maximum Gasteiger partial charge on any atom is 0.303 e. The summed E-state index contributed by atoms with van der Waals surface area (Å²) in [6.07, 6.45) is 5.92. The summed E-state index contributed by atoms with van der Waals surface area (Å²) in [5, 5.41) is 18.0. The Labute approximate surface area is 78.8 Å². The molecule has 0 heterocycles. The molecule has 0 bridgehead atoms. The molecule has 13 heavy (non-hydrogen) atoms. The Kier molecular flexibility index (Phi) is 4.22. The van der Waals surface area contributed by atoms with Crippen LogP contribution in [0.3, 0.4) is 0 Å². The minimum Gasteiger partial charge on any atom is -0.481 e. The van der Waals surface area contributed by atoms with Gasteiger partial charge in [0.1, 0.15) is 0 Å². The summed E-state index contributed by atoms with van der Waals surface area (Å²) < 4.78 is 0. The number of hydrogen-bond donors (Lipinski definition) is 2. The minimum absolute atomic E-state index is 0.178. The Hall–Kier alpha value is -0.570. The summed E-state index contributed by atoms with van der Waals surface area (Å²) in [6.45, 7) is 0. The molecule has 1 fully saturated rings. The van der Waals surface area contributed by atoms with Crippen LogP contribution < -0.4 is 0 Å². The summed E-state index contributed by atoms with van der Waals surface area (Å²) >= 11 is 0. The average molecular weight is 186 g/mol. The topological polar surface area (TPSA) is 57.5 Å². The first kappa shape index (κ1) is 10.5. The molecular formula is C10H18O3. The van der Waals surface area contributed by atoms with E-state index < -0.39 is 5.97 Å². The lowest BCUT2D eigenvalue weighted by Gasteiger charge is -2.27. The van der Waals surface area contributed by atoms with Crippen molar-refractivity contribution in [2.45, 2.75) is 51.0 Å². The van der Waals surface area contributed by atoms with Crippen molar-refractivity contribution in [2.24, 2.45) is 5.92 Å². The molecule has 2 atom stereocenters. The van der Waals surface area contributed by atoms with Crippen molar-refractivity contribution >= 4 is 5.97 Å². The van der Waals surface area contributed by atoms with Crippen LogP contribution in [0.2, 0.25) is 0 Å². The second-order valence-corrected chi connectivity index (χ2v) is 3.90. The zero-order valence-corrected chi connectivity index (χ0v) is 7.91. The van der Waals surface area contributed by atoms with Gasteiger partial charge < -0.3 is 10.2 Å². The Morgan fingerprint density at radius 3 is 2.62 bits per heavy atom. The third-order valence-electron chi connectivity index (χ3n) is 2.83. The van der Waals surface area contributed by atoms with Gasteiger partial charge in [-0.25, -0.2) is 0 Å². The maximum absolute atomic E-state index is 10.3. The van der Waals surface area contributed by atoms with Crippen LogP contribution >= 0.6 is 0 Å². The average Bonchev–Trinajstić information content (AvgIpc) is 2.08. The molecule has 0 aromatic heterocycles. The van der Waals surface area contributed by atoms with Crippen LogP contribution in [0.5, 0.6) is 0 Å². The first-order valence-electron chi connectivity index (χ1n) is 5.10. The fourth-order valence-electron chi connectivity index (χ4n) is 2.04. The minimum atomic E-state index is -0.731. The van der Waals surface area contributed by atoms with Crippen molar-refractivity contribution in [1.29, 1.82) is 0 Å². The van der Waals surface area contributed by atoms with E-state index in [1.807, 2.05) is 0 Å². The van der Waals surface area contributed by atoms with Crippen molar-refractivity contribution in [3.63, 3.8) is 0 Å². The molecule has 76 valence electrons. The maximum atomic E-state index is 10.3. The van der Waals surface area contributed by atoms with Crippen LogP contribution in [0.4, 0.5) is 0 Å².